The molecule has 1 rings (SSSR count). The summed E-state index contributed by atoms with van der Waals surface area (Å²) in [6.07, 6.45) is 0.664. The van der Waals surface area contributed by atoms with Crippen LogP contribution in [0.2, 0.25) is 0 Å². The molecule has 0 aromatic heterocycles. The fraction of sp³-hybridized carbons (Fsp3) is 0.462. The van der Waals surface area contributed by atoms with E-state index < -0.39 is 0 Å². The first-order valence-corrected chi connectivity index (χ1v) is 5.62. The van der Waals surface area contributed by atoms with E-state index in [1.165, 1.54) is 0 Å². The van der Waals surface area contributed by atoms with E-state index in [4.69, 9.17) is 10.5 Å². The molecule has 0 spiro atoms. The first kappa shape index (κ1) is 13.5. The molecule has 0 aliphatic heterocycles. The van der Waals surface area contributed by atoms with Crippen LogP contribution < -0.4 is 10.5 Å². The van der Waals surface area contributed by atoms with E-state index in [1.54, 1.807) is 26.1 Å². The van der Waals surface area contributed by atoms with Crippen molar-refractivity contribution in [3.05, 3.63) is 29.8 Å². The molecule has 94 valence electrons. The molecule has 1 aromatic rings. The summed E-state index contributed by atoms with van der Waals surface area (Å²) in [6.45, 7) is 0.364. The van der Waals surface area contributed by atoms with Gasteiger partial charge in [0.25, 0.3) is 0 Å². The number of hydrogen-bond acceptors (Lipinski definition) is 3. The molecule has 0 saturated carbocycles. The van der Waals surface area contributed by atoms with Gasteiger partial charge in [0, 0.05) is 20.6 Å². The highest BCUT2D eigenvalue weighted by Gasteiger charge is 2.18. The lowest BCUT2D eigenvalue weighted by molar-refractivity contribution is -0.132. The third kappa shape index (κ3) is 3.75. The van der Waals surface area contributed by atoms with Crippen LogP contribution in [0.25, 0.3) is 0 Å². The number of nitrogens with two attached hydrogens (primary N) is 1. The Morgan fingerprint density at radius 3 is 2.35 bits per heavy atom. The first-order chi connectivity index (χ1) is 8.08. The van der Waals surface area contributed by atoms with Crippen LogP contribution in [0.5, 0.6) is 5.75 Å². The van der Waals surface area contributed by atoms with Crippen molar-refractivity contribution in [2.45, 2.75) is 6.42 Å². The number of carbonyl (C=O) groups is 1. The monoisotopic (exact) mass is 236 g/mol. The van der Waals surface area contributed by atoms with Gasteiger partial charge in [-0.3, -0.25) is 4.79 Å². The maximum absolute atomic E-state index is 11.8. The van der Waals surface area contributed by atoms with Crippen molar-refractivity contribution in [1.29, 1.82) is 0 Å². The Hall–Kier alpha value is -1.55. The van der Waals surface area contributed by atoms with Crippen molar-refractivity contribution < 1.29 is 9.53 Å². The van der Waals surface area contributed by atoms with E-state index >= 15 is 0 Å². The van der Waals surface area contributed by atoms with E-state index in [1.807, 2.05) is 24.3 Å². The molecular weight excluding hydrogens is 216 g/mol. The van der Waals surface area contributed by atoms with Crippen molar-refractivity contribution in [2.24, 2.45) is 11.7 Å². The van der Waals surface area contributed by atoms with Gasteiger partial charge in [-0.15, -0.1) is 0 Å². The van der Waals surface area contributed by atoms with Crippen molar-refractivity contribution in [3.8, 4) is 5.75 Å². The summed E-state index contributed by atoms with van der Waals surface area (Å²) in [5.74, 6) is 0.735. The van der Waals surface area contributed by atoms with E-state index in [0.717, 1.165) is 11.3 Å². The fourth-order valence-electron chi connectivity index (χ4n) is 1.68. The number of ether oxygens (including phenoxy) is 1. The average Bonchev–Trinajstić information content (AvgIpc) is 2.35. The summed E-state index contributed by atoms with van der Waals surface area (Å²) < 4.78 is 5.09. The molecule has 4 heteroatoms. The molecule has 0 aliphatic rings. The summed E-state index contributed by atoms with van der Waals surface area (Å²) >= 11 is 0. The molecule has 0 fully saturated rings. The number of rotatable bonds is 5. The smallest absolute Gasteiger partial charge is 0.226 e. The molecule has 0 aliphatic carbocycles. The normalized spacial score (nSPS) is 12.0. The SMILES string of the molecule is COc1ccc(CC(CN)C(=O)N(C)C)cc1. The summed E-state index contributed by atoms with van der Waals surface area (Å²) in [6, 6.07) is 7.71. The van der Waals surface area contributed by atoms with Crippen molar-refractivity contribution in [2.75, 3.05) is 27.7 Å². The van der Waals surface area contributed by atoms with E-state index in [0.29, 0.717) is 13.0 Å². The van der Waals surface area contributed by atoms with Gasteiger partial charge in [0.15, 0.2) is 0 Å². The number of benzene rings is 1. The number of hydrogen-bond donors (Lipinski definition) is 1. The van der Waals surface area contributed by atoms with Gasteiger partial charge < -0.3 is 15.4 Å². The second kappa shape index (κ2) is 6.25. The van der Waals surface area contributed by atoms with Crippen LogP contribution in [0.1, 0.15) is 5.56 Å². The minimum Gasteiger partial charge on any atom is -0.497 e. The zero-order valence-electron chi connectivity index (χ0n) is 10.6. The lowest BCUT2D eigenvalue weighted by atomic mass is 9.98. The highest BCUT2D eigenvalue weighted by molar-refractivity contribution is 5.78. The van der Waals surface area contributed by atoms with Gasteiger partial charge in [0.1, 0.15) is 5.75 Å². The quantitative estimate of drug-likeness (QED) is 0.826. The molecule has 0 radical (unpaired) electrons. The van der Waals surface area contributed by atoms with E-state index in [2.05, 4.69) is 0 Å². The largest absolute Gasteiger partial charge is 0.497 e. The fourth-order valence-corrected chi connectivity index (χ4v) is 1.68. The molecule has 1 aromatic carbocycles. The molecule has 0 saturated heterocycles. The second-order valence-corrected chi connectivity index (χ2v) is 4.22. The molecule has 0 bridgehead atoms. The van der Waals surface area contributed by atoms with Crippen LogP contribution in [0.3, 0.4) is 0 Å². The van der Waals surface area contributed by atoms with Crippen LogP contribution in [-0.4, -0.2) is 38.6 Å². The minimum absolute atomic E-state index is 0.0725. The molecule has 4 nitrogen and oxygen atoms in total. The number of methoxy groups -OCH3 is 1. The van der Waals surface area contributed by atoms with Gasteiger partial charge in [-0.1, -0.05) is 12.1 Å². The number of carbonyl (C=O) groups excluding carboxylic acids is 1. The first-order valence-electron chi connectivity index (χ1n) is 5.62. The third-order valence-electron chi connectivity index (χ3n) is 2.72. The van der Waals surface area contributed by atoms with Gasteiger partial charge in [-0.05, 0) is 24.1 Å². The average molecular weight is 236 g/mol. The molecule has 1 amide bonds. The molecule has 0 heterocycles. The summed E-state index contributed by atoms with van der Waals surface area (Å²) in [7, 11) is 5.13. The Balaban J connectivity index is 2.70. The molecular formula is C13H20N2O2. The van der Waals surface area contributed by atoms with E-state index in [9.17, 15) is 4.79 Å². The van der Waals surface area contributed by atoms with Crippen LogP contribution in [-0.2, 0) is 11.2 Å². The topological polar surface area (TPSA) is 55.6 Å². The Kier molecular flexibility index (Phi) is 4.97. The standard InChI is InChI=1S/C13H20N2O2/c1-15(2)13(16)11(9-14)8-10-4-6-12(17-3)7-5-10/h4-7,11H,8-9,14H2,1-3H3. The Labute approximate surface area is 102 Å². The van der Waals surface area contributed by atoms with Crippen molar-refractivity contribution in [3.63, 3.8) is 0 Å². The van der Waals surface area contributed by atoms with Crippen LogP contribution in [0.4, 0.5) is 0 Å². The maximum Gasteiger partial charge on any atom is 0.226 e. The molecule has 2 N–H and O–H groups in total. The summed E-state index contributed by atoms with van der Waals surface area (Å²) in [5.41, 5.74) is 6.74. The minimum atomic E-state index is -0.154. The lowest BCUT2D eigenvalue weighted by Crippen LogP contribution is -2.35. The van der Waals surface area contributed by atoms with Gasteiger partial charge in [-0.2, -0.15) is 0 Å². The summed E-state index contributed by atoms with van der Waals surface area (Å²) in [5, 5.41) is 0. The molecule has 1 atom stereocenters. The Bertz CT molecular complexity index is 360. The third-order valence-corrected chi connectivity index (χ3v) is 2.72. The maximum atomic E-state index is 11.8. The van der Waals surface area contributed by atoms with Crippen molar-refractivity contribution in [1.82, 2.24) is 4.90 Å². The Morgan fingerprint density at radius 2 is 1.94 bits per heavy atom. The van der Waals surface area contributed by atoms with Crippen LogP contribution >= 0.6 is 0 Å². The Morgan fingerprint density at radius 1 is 1.35 bits per heavy atom. The van der Waals surface area contributed by atoms with Gasteiger partial charge in [0.05, 0.1) is 13.0 Å². The molecule has 1 unspecified atom stereocenters. The van der Waals surface area contributed by atoms with Crippen LogP contribution in [0, 0.1) is 5.92 Å². The second-order valence-electron chi connectivity index (χ2n) is 4.22. The number of amides is 1. The predicted molar refractivity (Wildman–Crippen MR) is 67.9 cm³/mol. The zero-order valence-corrected chi connectivity index (χ0v) is 10.6. The van der Waals surface area contributed by atoms with Gasteiger partial charge >= 0.3 is 0 Å². The van der Waals surface area contributed by atoms with Gasteiger partial charge in [0.2, 0.25) is 5.91 Å². The number of nitrogens with zero attached hydrogens (tertiary/aromatic N) is 1. The zero-order chi connectivity index (χ0) is 12.8. The highest BCUT2D eigenvalue weighted by Crippen LogP contribution is 2.15. The predicted octanol–water partition coefficient (Wildman–Crippen LogP) is 0.901. The van der Waals surface area contributed by atoms with E-state index in [-0.39, 0.29) is 11.8 Å². The highest BCUT2D eigenvalue weighted by atomic mass is 16.5. The van der Waals surface area contributed by atoms with Gasteiger partial charge in [-0.25, -0.2) is 0 Å². The lowest BCUT2D eigenvalue weighted by Gasteiger charge is -2.19. The van der Waals surface area contributed by atoms with Crippen molar-refractivity contribution >= 4 is 5.91 Å². The van der Waals surface area contributed by atoms with Crippen LogP contribution in [0.15, 0.2) is 24.3 Å². The summed E-state index contributed by atoms with van der Waals surface area (Å²) in [4.78, 5) is 13.4. The molecule has 17 heavy (non-hydrogen) atoms.